The lowest BCUT2D eigenvalue weighted by Crippen LogP contribution is -2.16. The molecule has 124 valence electrons. The summed E-state index contributed by atoms with van der Waals surface area (Å²) in [6.45, 7) is 3.81. The average Bonchev–Trinajstić information content (AvgIpc) is 2.92. The fourth-order valence-electron chi connectivity index (χ4n) is 2.32. The first kappa shape index (κ1) is 17.3. The molecule has 2 N–H and O–H groups in total. The van der Waals surface area contributed by atoms with Gasteiger partial charge in [-0.1, -0.05) is 13.0 Å². The van der Waals surface area contributed by atoms with Crippen molar-refractivity contribution >= 4 is 23.2 Å². The molecule has 0 aliphatic rings. The molecule has 2 amide bonds. The van der Waals surface area contributed by atoms with Gasteiger partial charge in [0.25, 0.3) is 5.91 Å². The number of nitrogens with one attached hydrogen (secondary N) is 2. The van der Waals surface area contributed by atoms with E-state index in [1.54, 1.807) is 29.9 Å². The van der Waals surface area contributed by atoms with E-state index in [2.05, 4.69) is 10.6 Å². The van der Waals surface area contributed by atoms with Crippen LogP contribution in [0, 0.1) is 18.3 Å². The van der Waals surface area contributed by atoms with Gasteiger partial charge in [-0.05, 0) is 37.1 Å². The number of nitrogens with zero attached hydrogens (tertiary/aromatic N) is 2. The summed E-state index contributed by atoms with van der Waals surface area (Å²) in [5.41, 5.74) is 2.96. The fourth-order valence-corrected chi connectivity index (χ4v) is 2.32. The van der Waals surface area contributed by atoms with E-state index in [1.807, 2.05) is 26.0 Å². The standard InChI is InChI=1S/C18H20N4O2/c1-4-5-17(23)20-14-7-6-12(2)15(9-14)21-18(24)16-8-13(10-19)11-22(16)3/h6-9,11H,4-5H2,1-3H3,(H,20,23)(H,21,24). The highest BCUT2D eigenvalue weighted by molar-refractivity contribution is 6.04. The molecule has 0 aliphatic carbocycles. The van der Waals surface area contributed by atoms with Crippen LogP contribution in [0.15, 0.2) is 30.5 Å². The van der Waals surface area contributed by atoms with Crippen molar-refractivity contribution in [3.63, 3.8) is 0 Å². The third kappa shape index (κ3) is 4.02. The Labute approximate surface area is 141 Å². The van der Waals surface area contributed by atoms with E-state index < -0.39 is 0 Å². The molecule has 0 unspecified atom stereocenters. The van der Waals surface area contributed by atoms with E-state index >= 15 is 0 Å². The van der Waals surface area contributed by atoms with Gasteiger partial charge in [0.05, 0.1) is 5.56 Å². The van der Waals surface area contributed by atoms with Gasteiger partial charge in [0.1, 0.15) is 11.8 Å². The molecule has 1 heterocycles. The summed E-state index contributed by atoms with van der Waals surface area (Å²) >= 11 is 0. The van der Waals surface area contributed by atoms with Crippen LogP contribution in [0.1, 0.15) is 41.4 Å². The Balaban J connectivity index is 2.19. The smallest absolute Gasteiger partial charge is 0.272 e. The normalized spacial score (nSPS) is 10.1. The quantitative estimate of drug-likeness (QED) is 0.885. The Morgan fingerprint density at radius 3 is 2.62 bits per heavy atom. The number of hydrogen-bond acceptors (Lipinski definition) is 3. The zero-order valence-electron chi connectivity index (χ0n) is 14.0. The first-order valence-corrected chi connectivity index (χ1v) is 7.73. The summed E-state index contributed by atoms with van der Waals surface area (Å²) in [7, 11) is 1.71. The fraction of sp³-hybridized carbons (Fsp3) is 0.278. The van der Waals surface area contributed by atoms with Crippen molar-refractivity contribution in [3.8, 4) is 6.07 Å². The number of rotatable bonds is 5. The van der Waals surface area contributed by atoms with Crippen LogP contribution in [-0.4, -0.2) is 16.4 Å². The molecular weight excluding hydrogens is 304 g/mol. The zero-order chi connectivity index (χ0) is 17.7. The third-order valence-corrected chi connectivity index (χ3v) is 3.61. The van der Waals surface area contributed by atoms with E-state index in [0.29, 0.717) is 29.1 Å². The van der Waals surface area contributed by atoms with Gasteiger partial charge in [-0.3, -0.25) is 9.59 Å². The second-order valence-corrected chi connectivity index (χ2v) is 5.62. The molecule has 1 aromatic heterocycles. The molecule has 1 aromatic carbocycles. The summed E-state index contributed by atoms with van der Waals surface area (Å²) in [6.07, 6.45) is 2.83. The number of nitriles is 1. The molecule has 2 aromatic rings. The minimum absolute atomic E-state index is 0.0558. The highest BCUT2D eigenvalue weighted by Gasteiger charge is 2.13. The van der Waals surface area contributed by atoms with Crippen LogP contribution in [0.4, 0.5) is 11.4 Å². The van der Waals surface area contributed by atoms with Crippen LogP contribution in [0.2, 0.25) is 0 Å². The lowest BCUT2D eigenvalue weighted by Gasteiger charge is -2.12. The molecule has 0 radical (unpaired) electrons. The first-order chi connectivity index (χ1) is 11.4. The van der Waals surface area contributed by atoms with Crippen molar-refractivity contribution < 1.29 is 9.59 Å². The van der Waals surface area contributed by atoms with E-state index in [9.17, 15) is 9.59 Å². The van der Waals surface area contributed by atoms with Gasteiger partial charge in [0.15, 0.2) is 0 Å². The Morgan fingerprint density at radius 2 is 2.00 bits per heavy atom. The lowest BCUT2D eigenvalue weighted by molar-refractivity contribution is -0.116. The number of benzene rings is 1. The SMILES string of the molecule is CCCC(=O)Nc1ccc(C)c(NC(=O)c2cc(C#N)cn2C)c1. The van der Waals surface area contributed by atoms with Gasteiger partial charge in [-0.2, -0.15) is 5.26 Å². The first-order valence-electron chi connectivity index (χ1n) is 7.73. The highest BCUT2D eigenvalue weighted by Crippen LogP contribution is 2.21. The van der Waals surface area contributed by atoms with E-state index in [-0.39, 0.29) is 11.8 Å². The molecule has 0 bridgehead atoms. The second kappa shape index (κ2) is 7.47. The maximum absolute atomic E-state index is 12.4. The van der Waals surface area contributed by atoms with Gasteiger partial charge in [-0.15, -0.1) is 0 Å². The minimum Gasteiger partial charge on any atom is -0.345 e. The van der Waals surface area contributed by atoms with Crippen LogP contribution >= 0.6 is 0 Å². The molecule has 0 atom stereocenters. The summed E-state index contributed by atoms with van der Waals surface area (Å²) in [5.74, 6) is -0.362. The number of aromatic nitrogens is 1. The molecular formula is C18H20N4O2. The second-order valence-electron chi connectivity index (χ2n) is 5.62. The lowest BCUT2D eigenvalue weighted by atomic mass is 10.1. The maximum atomic E-state index is 12.4. The molecule has 0 fully saturated rings. The van der Waals surface area contributed by atoms with Crippen LogP contribution in [-0.2, 0) is 11.8 Å². The Bertz CT molecular complexity index is 815. The van der Waals surface area contributed by atoms with Crippen molar-refractivity contribution in [2.75, 3.05) is 10.6 Å². The number of carbonyl (C=O) groups is 2. The van der Waals surface area contributed by atoms with Gasteiger partial charge < -0.3 is 15.2 Å². The number of hydrogen-bond donors (Lipinski definition) is 2. The molecule has 0 saturated carbocycles. The van der Waals surface area contributed by atoms with Crippen LogP contribution in [0.3, 0.4) is 0 Å². The molecule has 6 heteroatoms. The largest absolute Gasteiger partial charge is 0.345 e. The highest BCUT2D eigenvalue weighted by atomic mass is 16.2. The summed E-state index contributed by atoms with van der Waals surface area (Å²) < 4.78 is 1.61. The number of aryl methyl sites for hydroxylation is 2. The predicted octanol–water partition coefficient (Wildman–Crippen LogP) is 3.20. The van der Waals surface area contributed by atoms with E-state index in [0.717, 1.165) is 12.0 Å². The van der Waals surface area contributed by atoms with Crippen molar-refractivity contribution in [2.45, 2.75) is 26.7 Å². The van der Waals surface area contributed by atoms with Crippen molar-refractivity contribution in [3.05, 3.63) is 47.3 Å². The summed E-state index contributed by atoms with van der Waals surface area (Å²) in [4.78, 5) is 24.1. The molecule has 24 heavy (non-hydrogen) atoms. The maximum Gasteiger partial charge on any atom is 0.272 e. The van der Waals surface area contributed by atoms with E-state index in [1.165, 1.54) is 6.07 Å². The summed E-state index contributed by atoms with van der Waals surface area (Å²) in [6, 6.07) is 8.92. The minimum atomic E-state index is -0.306. The molecule has 0 saturated heterocycles. The Morgan fingerprint density at radius 1 is 1.25 bits per heavy atom. The molecule has 0 aliphatic heterocycles. The Hall–Kier alpha value is -3.07. The van der Waals surface area contributed by atoms with Crippen LogP contribution < -0.4 is 10.6 Å². The van der Waals surface area contributed by atoms with Crippen molar-refractivity contribution in [2.24, 2.45) is 7.05 Å². The van der Waals surface area contributed by atoms with Crippen molar-refractivity contribution in [1.29, 1.82) is 5.26 Å². The van der Waals surface area contributed by atoms with Gasteiger partial charge in [0, 0.05) is 31.0 Å². The van der Waals surface area contributed by atoms with Crippen molar-refractivity contribution in [1.82, 2.24) is 4.57 Å². The third-order valence-electron chi connectivity index (χ3n) is 3.61. The number of amides is 2. The van der Waals surface area contributed by atoms with Crippen LogP contribution in [0.25, 0.3) is 0 Å². The van der Waals surface area contributed by atoms with E-state index in [4.69, 9.17) is 5.26 Å². The zero-order valence-corrected chi connectivity index (χ0v) is 14.0. The Kier molecular flexibility index (Phi) is 5.38. The summed E-state index contributed by atoms with van der Waals surface area (Å²) in [5, 5.41) is 14.6. The van der Waals surface area contributed by atoms with Gasteiger partial charge in [0.2, 0.25) is 5.91 Å². The van der Waals surface area contributed by atoms with Gasteiger partial charge >= 0.3 is 0 Å². The predicted molar refractivity (Wildman–Crippen MR) is 92.8 cm³/mol. The average molecular weight is 324 g/mol. The van der Waals surface area contributed by atoms with Gasteiger partial charge in [-0.25, -0.2) is 0 Å². The molecule has 0 spiro atoms. The monoisotopic (exact) mass is 324 g/mol. The van der Waals surface area contributed by atoms with Crippen LogP contribution in [0.5, 0.6) is 0 Å². The number of anilines is 2. The number of carbonyl (C=O) groups excluding carboxylic acids is 2. The molecule has 2 rings (SSSR count). The topological polar surface area (TPSA) is 86.9 Å². The molecule has 6 nitrogen and oxygen atoms in total.